The van der Waals surface area contributed by atoms with Gasteiger partial charge >= 0.3 is 6.09 Å². The van der Waals surface area contributed by atoms with Crippen molar-refractivity contribution in [3.05, 3.63) is 0 Å². The molecule has 2 aliphatic carbocycles. The normalized spacial score (nSPS) is 32.9. The monoisotopic (exact) mass is 436 g/mol. The van der Waals surface area contributed by atoms with E-state index in [2.05, 4.69) is 15.1 Å². The fourth-order valence-electron chi connectivity index (χ4n) is 5.74. The third kappa shape index (κ3) is 8.54. The molecule has 0 aromatic rings. The van der Waals surface area contributed by atoms with E-state index in [1.165, 1.54) is 90.4 Å². The highest BCUT2D eigenvalue weighted by molar-refractivity contribution is 5.68. The molecule has 0 atom stereocenters. The summed E-state index contributed by atoms with van der Waals surface area (Å²) in [5.41, 5.74) is 5.47. The van der Waals surface area contributed by atoms with Gasteiger partial charge in [-0.15, -0.1) is 0 Å². The van der Waals surface area contributed by atoms with Gasteiger partial charge in [0.15, 0.2) is 0 Å². The number of nitrogens with one attached hydrogen (secondary N) is 1. The second-order valence-corrected chi connectivity index (χ2v) is 11.2. The Morgan fingerprint density at radius 3 is 1.61 bits per heavy atom. The Labute approximate surface area is 190 Å². The van der Waals surface area contributed by atoms with Crippen molar-refractivity contribution >= 4 is 6.09 Å². The Morgan fingerprint density at radius 2 is 1.19 bits per heavy atom. The molecule has 2 saturated carbocycles. The summed E-state index contributed by atoms with van der Waals surface area (Å²) in [6, 6.07) is 2.43. The minimum absolute atomic E-state index is 0.267. The molecule has 4 aliphatic rings. The van der Waals surface area contributed by atoms with Gasteiger partial charge in [-0.05, 0) is 124 Å². The number of hydrogen-bond acceptors (Lipinski definition) is 5. The molecule has 6 nitrogen and oxygen atoms in total. The second-order valence-electron chi connectivity index (χ2n) is 11.2. The van der Waals surface area contributed by atoms with E-state index in [1.54, 1.807) is 0 Å². The van der Waals surface area contributed by atoms with Crippen LogP contribution in [0.5, 0.6) is 0 Å². The topological polar surface area (TPSA) is 70.8 Å². The zero-order chi connectivity index (χ0) is 22.3. The van der Waals surface area contributed by atoms with Crippen LogP contribution in [0.1, 0.15) is 97.8 Å². The number of nitrogens with two attached hydrogens (primary N) is 1. The first-order valence-electron chi connectivity index (χ1n) is 13.0. The van der Waals surface area contributed by atoms with Crippen molar-refractivity contribution in [2.24, 2.45) is 5.73 Å². The Hall–Kier alpha value is -0.850. The van der Waals surface area contributed by atoms with E-state index >= 15 is 0 Å². The van der Waals surface area contributed by atoms with Crippen LogP contribution in [0.15, 0.2) is 0 Å². The zero-order valence-electron chi connectivity index (χ0n) is 20.4. The van der Waals surface area contributed by atoms with Gasteiger partial charge in [-0.25, -0.2) is 4.79 Å². The molecular weight excluding hydrogens is 388 g/mol. The highest BCUT2D eigenvalue weighted by Crippen LogP contribution is 2.26. The molecule has 31 heavy (non-hydrogen) atoms. The minimum Gasteiger partial charge on any atom is -0.444 e. The molecule has 2 aliphatic heterocycles. The number of likely N-dealkylation sites (tertiary alicyclic amines) is 2. The minimum atomic E-state index is -0.406. The molecule has 180 valence electrons. The Bertz CT molecular complexity index is 522. The van der Waals surface area contributed by atoms with Crippen LogP contribution in [0.25, 0.3) is 0 Å². The maximum absolute atomic E-state index is 11.7. The van der Waals surface area contributed by atoms with Gasteiger partial charge in [0, 0.05) is 24.2 Å². The third-order valence-electron chi connectivity index (χ3n) is 7.47. The number of ether oxygens (including phenoxy) is 1. The standard InChI is InChI=1S/C15H28N2O2.C10H20N2/c1-15(2,3)19-14(18)16-12-6-8-13(9-7-12)17-10-4-5-11-17;11-9-3-5-10(6-4-9)12-7-1-2-8-12/h12-13H,4-11H2,1-3H3,(H,16,18);9-10H,1-8,11H2. The summed E-state index contributed by atoms with van der Waals surface area (Å²) in [7, 11) is 0. The smallest absolute Gasteiger partial charge is 0.407 e. The van der Waals surface area contributed by atoms with Crippen molar-refractivity contribution in [1.29, 1.82) is 0 Å². The molecule has 6 heteroatoms. The van der Waals surface area contributed by atoms with Gasteiger partial charge in [-0.2, -0.15) is 0 Å². The summed E-state index contributed by atoms with van der Waals surface area (Å²) >= 11 is 0. The van der Waals surface area contributed by atoms with Crippen molar-refractivity contribution < 1.29 is 9.53 Å². The predicted molar refractivity (Wildman–Crippen MR) is 127 cm³/mol. The second kappa shape index (κ2) is 11.9. The third-order valence-corrected chi connectivity index (χ3v) is 7.47. The number of carbonyl (C=O) groups excluding carboxylic acids is 1. The van der Waals surface area contributed by atoms with E-state index in [1.807, 2.05) is 20.8 Å². The van der Waals surface area contributed by atoms with Crippen LogP contribution >= 0.6 is 0 Å². The molecule has 2 saturated heterocycles. The van der Waals surface area contributed by atoms with Crippen LogP contribution in [0, 0.1) is 0 Å². The van der Waals surface area contributed by atoms with Crippen molar-refractivity contribution in [2.75, 3.05) is 26.2 Å². The molecule has 2 heterocycles. The summed E-state index contributed by atoms with van der Waals surface area (Å²) < 4.78 is 5.31. The molecule has 0 radical (unpaired) electrons. The summed E-state index contributed by atoms with van der Waals surface area (Å²) in [5, 5.41) is 3.01. The molecule has 0 unspecified atom stereocenters. The molecule has 1 amide bonds. The first-order chi connectivity index (χ1) is 14.8. The maximum atomic E-state index is 11.7. The number of rotatable bonds is 3. The van der Waals surface area contributed by atoms with E-state index in [0.717, 1.165) is 24.9 Å². The van der Waals surface area contributed by atoms with Gasteiger partial charge in [0.25, 0.3) is 0 Å². The van der Waals surface area contributed by atoms with Crippen LogP contribution < -0.4 is 11.1 Å². The van der Waals surface area contributed by atoms with Crippen molar-refractivity contribution in [2.45, 2.75) is 128 Å². The van der Waals surface area contributed by atoms with Gasteiger partial charge in [0.2, 0.25) is 0 Å². The van der Waals surface area contributed by atoms with Gasteiger partial charge in [0.05, 0.1) is 0 Å². The highest BCUT2D eigenvalue weighted by Gasteiger charge is 2.29. The molecular formula is C25H48N4O2. The Kier molecular flexibility index (Phi) is 9.47. The van der Waals surface area contributed by atoms with E-state index in [9.17, 15) is 4.79 Å². The van der Waals surface area contributed by atoms with Gasteiger partial charge in [-0.1, -0.05) is 0 Å². The summed E-state index contributed by atoms with van der Waals surface area (Å²) in [6.07, 6.45) is 15.1. The fourth-order valence-corrected chi connectivity index (χ4v) is 5.74. The van der Waals surface area contributed by atoms with Crippen LogP contribution in [-0.2, 0) is 4.74 Å². The lowest BCUT2D eigenvalue weighted by Crippen LogP contribution is -2.44. The number of nitrogens with zero attached hydrogens (tertiary/aromatic N) is 2. The van der Waals surface area contributed by atoms with E-state index in [0.29, 0.717) is 12.1 Å². The number of hydrogen-bond donors (Lipinski definition) is 2. The lowest BCUT2D eigenvalue weighted by atomic mass is 9.90. The van der Waals surface area contributed by atoms with E-state index in [-0.39, 0.29) is 6.09 Å². The number of alkyl carbamates (subject to hydrolysis) is 1. The Balaban J connectivity index is 0.000000194. The van der Waals surface area contributed by atoms with Crippen LogP contribution in [0.2, 0.25) is 0 Å². The van der Waals surface area contributed by atoms with E-state index < -0.39 is 5.60 Å². The average Bonchev–Trinajstić information content (AvgIpc) is 3.43. The first kappa shape index (κ1) is 24.8. The van der Waals surface area contributed by atoms with Gasteiger partial charge in [-0.3, -0.25) is 0 Å². The lowest BCUT2D eigenvalue weighted by Gasteiger charge is -2.35. The summed E-state index contributed by atoms with van der Waals surface area (Å²) in [4.78, 5) is 17.0. The molecule has 0 spiro atoms. The van der Waals surface area contributed by atoms with E-state index in [4.69, 9.17) is 10.5 Å². The zero-order valence-corrected chi connectivity index (χ0v) is 20.4. The summed E-state index contributed by atoms with van der Waals surface area (Å²) in [6.45, 7) is 10.9. The number of amides is 1. The van der Waals surface area contributed by atoms with Crippen LogP contribution in [-0.4, -0.2) is 71.8 Å². The molecule has 4 rings (SSSR count). The SMILES string of the molecule is CC(C)(C)OC(=O)NC1CCC(N2CCCC2)CC1.NC1CCC(N2CCCC2)CC1. The van der Waals surface area contributed by atoms with Gasteiger partial charge < -0.3 is 25.6 Å². The van der Waals surface area contributed by atoms with Crippen molar-refractivity contribution in [1.82, 2.24) is 15.1 Å². The first-order valence-corrected chi connectivity index (χ1v) is 13.0. The van der Waals surface area contributed by atoms with Crippen LogP contribution in [0.4, 0.5) is 4.79 Å². The lowest BCUT2D eigenvalue weighted by molar-refractivity contribution is 0.0480. The molecule has 4 fully saturated rings. The van der Waals surface area contributed by atoms with Crippen molar-refractivity contribution in [3.8, 4) is 0 Å². The largest absolute Gasteiger partial charge is 0.444 e. The van der Waals surface area contributed by atoms with Gasteiger partial charge in [0.1, 0.15) is 5.60 Å². The molecule has 0 aromatic carbocycles. The Morgan fingerprint density at radius 1 is 0.774 bits per heavy atom. The summed E-state index contributed by atoms with van der Waals surface area (Å²) in [5.74, 6) is 0. The highest BCUT2D eigenvalue weighted by atomic mass is 16.6. The molecule has 0 bridgehead atoms. The predicted octanol–water partition coefficient (Wildman–Crippen LogP) is 4.27. The van der Waals surface area contributed by atoms with Crippen molar-refractivity contribution in [3.63, 3.8) is 0 Å². The average molecular weight is 437 g/mol. The fraction of sp³-hybridized carbons (Fsp3) is 0.960. The molecule has 3 N–H and O–H groups in total. The maximum Gasteiger partial charge on any atom is 0.407 e. The molecule has 0 aromatic heterocycles. The number of carbonyl (C=O) groups is 1. The van der Waals surface area contributed by atoms with Crippen LogP contribution in [0.3, 0.4) is 0 Å². The quantitative estimate of drug-likeness (QED) is 0.691.